The molecule has 0 aromatic carbocycles. The maximum absolute atomic E-state index is 10.8. The van der Waals surface area contributed by atoms with Gasteiger partial charge in [0.25, 0.3) is 0 Å². The van der Waals surface area contributed by atoms with Gasteiger partial charge in [-0.1, -0.05) is 18.2 Å². The summed E-state index contributed by atoms with van der Waals surface area (Å²) in [6.07, 6.45) is 8.15. The normalized spacial score (nSPS) is 11.0. The summed E-state index contributed by atoms with van der Waals surface area (Å²) in [6, 6.07) is 0. The fourth-order valence-corrected chi connectivity index (χ4v) is 0.559. The second kappa shape index (κ2) is 6.93. The minimum atomic E-state index is -0.00444. The Bertz CT molecular complexity index is 178. The summed E-state index contributed by atoms with van der Waals surface area (Å²) in [5.74, 6) is -0.00444. The van der Waals surface area contributed by atoms with Gasteiger partial charge in [0.2, 0.25) is 0 Å². The van der Waals surface area contributed by atoms with Gasteiger partial charge < -0.3 is 4.79 Å². The van der Waals surface area contributed by atoms with Crippen LogP contribution in [0.25, 0.3) is 0 Å². The molecule has 0 aromatic rings. The first kappa shape index (κ1) is 9.82. The van der Waals surface area contributed by atoms with Crippen molar-refractivity contribution in [3.05, 3.63) is 24.3 Å². The van der Waals surface area contributed by atoms with Crippen molar-refractivity contribution in [1.82, 2.24) is 0 Å². The van der Waals surface area contributed by atoms with Crippen LogP contribution < -0.4 is 0 Å². The number of carbonyl (C=O) groups excluding carboxylic acids is 2. The molecule has 0 bridgehead atoms. The van der Waals surface area contributed by atoms with Gasteiger partial charge >= 0.3 is 0 Å². The Labute approximate surface area is 66.6 Å². The molecule has 0 unspecified atom stereocenters. The Morgan fingerprint density at radius 1 is 1.36 bits per heavy atom. The Kier molecular flexibility index (Phi) is 6.19. The van der Waals surface area contributed by atoms with Gasteiger partial charge in [-0.25, -0.2) is 0 Å². The lowest BCUT2D eigenvalue weighted by atomic mass is 10.2. The smallest absolute Gasteiger partial charge is 0.156 e. The molecule has 0 radical (unpaired) electrons. The van der Waals surface area contributed by atoms with E-state index < -0.39 is 0 Å². The van der Waals surface area contributed by atoms with Crippen molar-refractivity contribution in [3.8, 4) is 0 Å². The number of carbonyl (C=O) groups is 2. The van der Waals surface area contributed by atoms with Crippen LogP contribution in [0.5, 0.6) is 0 Å². The second-order valence-corrected chi connectivity index (χ2v) is 2.06. The van der Waals surface area contributed by atoms with Gasteiger partial charge in [-0.05, 0) is 13.0 Å². The molecule has 2 nitrogen and oxygen atoms in total. The molecule has 0 aliphatic heterocycles. The molecule has 0 aliphatic rings. The topological polar surface area (TPSA) is 34.1 Å². The SMILES string of the molecule is C/C=C/C=C/C(=O)CCC=O. The zero-order valence-electron chi connectivity index (χ0n) is 6.62. The van der Waals surface area contributed by atoms with Crippen molar-refractivity contribution in [2.75, 3.05) is 0 Å². The number of rotatable bonds is 5. The zero-order valence-corrected chi connectivity index (χ0v) is 6.62. The third kappa shape index (κ3) is 6.71. The fourth-order valence-electron chi connectivity index (χ4n) is 0.559. The van der Waals surface area contributed by atoms with Crippen molar-refractivity contribution in [2.24, 2.45) is 0 Å². The van der Waals surface area contributed by atoms with Crippen LogP contribution in [0.4, 0.5) is 0 Å². The van der Waals surface area contributed by atoms with Crippen LogP contribution in [-0.2, 0) is 9.59 Å². The highest BCUT2D eigenvalue weighted by Gasteiger charge is 1.92. The molecule has 0 aromatic heterocycles. The van der Waals surface area contributed by atoms with Crippen LogP contribution in [-0.4, -0.2) is 12.1 Å². The summed E-state index contributed by atoms with van der Waals surface area (Å²) in [6.45, 7) is 1.88. The van der Waals surface area contributed by atoms with Gasteiger partial charge in [-0.2, -0.15) is 0 Å². The van der Waals surface area contributed by atoms with Crippen molar-refractivity contribution < 1.29 is 9.59 Å². The second-order valence-electron chi connectivity index (χ2n) is 2.06. The molecule has 11 heavy (non-hydrogen) atoms. The zero-order chi connectivity index (χ0) is 8.53. The maximum atomic E-state index is 10.8. The van der Waals surface area contributed by atoms with Gasteiger partial charge in [0.1, 0.15) is 6.29 Å². The summed E-state index contributed by atoms with van der Waals surface area (Å²) in [4.78, 5) is 20.6. The molecule has 0 spiro atoms. The third-order valence-electron chi connectivity index (χ3n) is 1.09. The average molecular weight is 152 g/mol. The first-order chi connectivity index (χ1) is 5.31. The van der Waals surface area contributed by atoms with E-state index in [1.165, 1.54) is 6.08 Å². The first-order valence-corrected chi connectivity index (χ1v) is 3.57. The summed E-state index contributed by atoms with van der Waals surface area (Å²) < 4.78 is 0. The quantitative estimate of drug-likeness (QED) is 0.341. The molecule has 0 aliphatic carbocycles. The van der Waals surface area contributed by atoms with E-state index in [1.54, 1.807) is 12.2 Å². The van der Waals surface area contributed by atoms with E-state index in [-0.39, 0.29) is 5.78 Å². The van der Waals surface area contributed by atoms with Crippen molar-refractivity contribution in [3.63, 3.8) is 0 Å². The highest BCUT2D eigenvalue weighted by atomic mass is 16.1. The number of allylic oxidation sites excluding steroid dienone is 4. The molecule has 0 rings (SSSR count). The lowest BCUT2D eigenvalue weighted by molar-refractivity contribution is -0.116. The number of hydrogen-bond donors (Lipinski definition) is 0. The predicted molar refractivity (Wildman–Crippen MR) is 44.3 cm³/mol. The van der Waals surface area contributed by atoms with E-state index in [0.717, 1.165) is 6.29 Å². The summed E-state index contributed by atoms with van der Waals surface area (Å²) >= 11 is 0. The van der Waals surface area contributed by atoms with E-state index >= 15 is 0 Å². The number of ketones is 1. The Morgan fingerprint density at radius 2 is 2.09 bits per heavy atom. The van der Waals surface area contributed by atoms with E-state index in [9.17, 15) is 9.59 Å². The molecule has 60 valence electrons. The molecule has 0 saturated heterocycles. The highest BCUT2D eigenvalue weighted by molar-refractivity contribution is 5.90. The van der Waals surface area contributed by atoms with Gasteiger partial charge in [0.15, 0.2) is 5.78 Å². The van der Waals surface area contributed by atoms with E-state index in [4.69, 9.17) is 0 Å². The number of aldehydes is 1. The maximum Gasteiger partial charge on any atom is 0.156 e. The molecular formula is C9H12O2. The molecule has 0 saturated carbocycles. The lowest BCUT2D eigenvalue weighted by Crippen LogP contribution is -1.91. The minimum absolute atomic E-state index is 0.00444. The molecule has 0 heterocycles. The molecule has 0 fully saturated rings. The first-order valence-electron chi connectivity index (χ1n) is 3.57. The standard InChI is InChI=1S/C9H12O2/c1-2-3-4-6-9(11)7-5-8-10/h2-4,6,8H,5,7H2,1H3/b3-2+,6-4+. The predicted octanol–water partition coefficient (Wildman–Crippen LogP) is 1.67. The monoisotopic (exact) mass is 152 g/mol. The number of hydrogen-bond acceptors (Lipinski definition) is 2. The van der Waals surface area contributed by atoms with Gasteiger partial charge in [0.05, 0.1) is 0 Å². The van der Waals surface area contributed by atoms with Crippen LogP contribution in [0, 0.1) is 0 Å². The van der Waals surface area contributed by atoms with Crippen molar-refractivity contribution in [2.45, 2.75) is 19.8 Å². The minimum Gasteiger partial charge on any atom is -0.303 e. The average Bonchev–Trinajstić information content (AvgIpc) is 2.01. The summed E-state index contributed by atoms with van der Waals surface area (Å²) in [5, 5.41) is 0. The van der Waals surface area contributed by atoms with Crippen molar-refractivity contribution >= 4 is 12.1 Å². The molecule has 0 amide bonds. The molecule has 2 heteroatoms. The Balaban J connectivity index is 3.59. The van der Waals surface area contributed by atoms with E-state index in [1.807, 2.05) is 13.0 Å². The molecular weight excluding hydrogens is 140 g/mol. The summed E-state index contributed by atoms with van der Waals surface area (Å²) in [5.41, 5.74) is 0. The lowest BCUT2D eigenvalue weighted by Gasteiger charge is -1.85. The van der Waals surface area contributed by atoms with Crippen LogP contribution in [0.2, 0.25) is 0 Å². The largest absolute Gasteiger partial charge is 0.303 e. The molecule has 0 atom stereocenters. The van der Waals surface area contributed by atoms with E-state index in [2.05, 4.69) is 0 Å². The Morgan fingerprint density at radius 3 is 2.64 bits per heavy atom. The fraction of sp³-hybridized carbons (Fsp3) is 0.333. The van der Waals surface area contributed by atoms with E-state index in [0.29, 0.717) is 12.8 Å². The van der Waals surface area contributed by atoms with Crippen LogP contribution in [0.3, 0.4) is 0 Å². The third-order valence-corrected chi connectivity index (χ3v) is 1.09. The molecule has 0 N–H and O–H groups in total. The van der Waals surface area contributed by atoms with Gasteiger partial charge in [-0.15, -0.1) is 0 Å². The highest BCUT2D eigenvalue weighted by Crippen LogP contribution is 1.89. The van der Waals surface area contributed by atoms with Crippen LogP contribution in [0.1, 0.15) is 19.8 Å². The Hall–Kier alpha value is -1.18. The summed E-state index contributed by atoms with van der Waals surface area (Å²) in [7, 11) is 0. The van der Waals surface area contributed by atoms with Crippen molar-refractivity contribution in [1.29, 1.82) is 0 Å². The van der Waals surface area contributed by atoms with Crippen LogP contribution >= 0.6 is 0 Å². The van der Waals surface area contributed by atoms with Gasteiger partial charge in [-0.3, -0.25) is 4.79 Å². The van der Waals surface area contributed by atoms with Crippen LogP contribution in [0.15, 0.2) is 24.3 Å². The van der Waals surface area contributed by atoms with Gasteiger partial charge in [0, 0.05) is 12.8 Å².